The van der Waals surface area contributed by atoms with E-state index in [4.69, 9.17) is 0 Å². The van der Waals surface area contributed by atoms with E-state index in [1.54, 1.807) is 0 Å². The lowest BCUT2D eigenvalue weighted by atomic mass is 9.34. The van der Waals surface area contributed by atoms with Crippen molar-refractivity contribution in [2.45, 2.75) is 41.5 Å². The largest absolute Gasteiger partial charge is 0.301 e. The van der Waals surface area contributed by atoms with Gasteiger partial charge in [-0.15, -0.1) is 11.3 Å². The zero-order valence-electron chi connectivity index (χ0n) is 24.7. The molecular weight excluding hydrogens is 513 g/mol. The van der Waals surface area contributed by atoms with Gasteiger partial charge in [0, 0.05) is 15.5 Å². The average molecular weight is 548 g/mol. The molecule has 0 amide bonds. The van der Waals surface area contributed by atoms with Gasteiger partial charge in [-0.2, -0.15) is 0 Å². The molecule has 0 radical (unpaired) electrons. The SMILES string of the molecule is Cc1cc(C)c(B(c2c(C)cc(C)cc2C)c2c(-n3c4ccccc4c4ccccc43)sc3ccccc23)c(C)c1. The summed E-state index contributed by atoms with van der Waals surface area (Å²) in [5.74, 6) is 0. The molecule has 0 atom stereocenters. The Labute approximate surface area is 247 Å². The van der Waals surface area contributed by atoms with Crippen molar-refractivity contribution < 1.29 is 0 Å². The zero-order chi connectivity index (χ0) is 28.4. The van der Waals surface area contributed by atoms with Gasteiger partial charge in [-0.1, -0.05) is 123 Å². The predicted molar refractivity (Wildman–Crippen MR) is 182 cm³/mol. The van der Waals surface area contributed by atoms with E-state index in [9.17, 15) is 0 Å². The lowest BCUT2D eigenvalue weighted by Crippen LogP contribution is -2.56. The monoisotopic (exact) mass is 547 g/mol. The van der Waals surface area contributed by atoms with Gasteiger partial charge < -0.3 is 4.57 Å². The summed E-state index contributed by atoms with van der Waals surface area (Å²) in [6.07, 6.45) is 0. The second-order valence-electron chi connectivity index (χ2n) is 11.7. The van der Waals surface area contributed by atoms with Crippen molar-refractivity contribution in [1.82, 2.24) is 4.57 Å². The highest BCUT2D eigenvalue weighted by Gasteiger charge is 2.34. The topological polar surface area (TPSA) is 4.93 Å². The van der Waals surface area contributed by atoms with Gasteiger partial charge in [0.2, 0.25) is 6.71 Å². The van der Waals surface area contributed by atoms with Gasteiger partial charge in [-0.25, -0.2) is 0 Å². The first-order chi connectivity index (χ1) is 19.8. The molecule has 0 spiro atoms. The first-order valence-corrected chi connectivity index (χ1v) is 15.3. The summed E-state index contributed by atoms with van der Waals surface area (Å²) < 4.78 is 3.87. The van der Waals surface area contributed by atoms with E-state index in [0.717, 1.165) is 0 Å². The van der Waals surface area contributed by atoms with Crippen LogP contribution in [0.1, 0.15) is 33.4 Å². The Morgan fingerprint density at radius 3 is 1.39 bits per heavy atom. The number of nitrogens with zero attached hydrogens (tertiary/aromatic N) is 1. The van der Waals surface area contributed by atoms with Crippen molar-refractivity contribution in [3.8, 4) is 5.00 Å². The molecule has 200 valence electrons. The molecule has 5 aromatic carbocycles. The molecule has 2 heterocycles. The predicted octanol–water partition coefficient (Wildman–Crippen LogP) is 8.37. The minimum atomic E-state index is 0.0993. The van der Waals surface area contributed by atoms with E-state index in [0.29, 0.717) is 0 Å². The number of hydrogen-bond acceptors (Lipinski definition) is 1. The Hall–Kier alpha value is -4.08. The van der Waals surface area contributed by atoms with Gasteiger partial charge in [0.15, 0.2) is 0 Å². The van der Waals surface area contributed by atoms with Crippen LogP contribution in [0, 0.1) is 41.5 Å². The number of hydrogen-bond donors (Lipinski definition) is 0. The third kappa shape index (κ3) is 4.06. The molecule has 0 aliphatic heterocycles. The van der Waals surface area contributed by atoms with Gasteiger partial charge in [0.1, 0.15) is 0 Å². The van der Waals surface area contributed by atoms with Crippen LogP contribution in [0.25, 0.3) is 36.9 Å². The van der Waals surface area contributed by atoms with E-state index in [1.807, 2.05) is 11.3 Å². The standard InChI is InChI=1S/C38H34BNS/c1-23-19-25(3)35(26(4)20-23)39(36-27(5)21-24(2)22-28(36)6)37-31-15-9-12-18-34(31)41-38(37)40-32-16-10-7-13-29(32)30-14-8-11-17-33(30)40/h7-22H,1-6H3. The number of rotatable bonds is 4. The lowest BCUT2D eigenvalue weighted by molar-refractivity contribution is 1.23. The van der Waals surface area contributed by atoms with E-state index in [2.05, 4.69) is 143 Å². The van der Waals surface area contributed by atoms with Gasteiger partial charge in [0.25, 0.3) is 0 Å². The smallest absolute Gasteiger partial charge is 0.247 e. The number of thiophene rings is 1. The summed E-state index contributed by atoms with van der Waals surface area (Å²) in [7, 11) is 0. The minimum absolute atomic E-state index is 0.0993. The second-order valence-corrected chi connectivity index (χ2v) is 12.8. The van der Waals surface area contributed by atoms with Gasteiger partial charge in [0.05, 0.1) is 16.0 Å². The lowest BCUT2D eigenvalue weighted by Gasteiger charge is -2.25. The van der Waals surface area contributed by atoms with Crippen LogP contribution in [-0.2, 0) is 0 Å². The van der Waals surface area contributed by atoms with Crippen molar-refractivity contribution in [2.24, 2.45) is 0 Å². The summed E-state index contributed by atoms with van der Waals surface area (Å²) in [6, 6.07) is 36.2. The summed E-state index contributed by atoms with van der Waals surface area (Å²) in [5, 5.41) is 5.26. The summed E-state index contributed by atoms with van der Waals surface area (Å²) in [5.41, 5.74) is 14.8. The van der Waals surface area contributed by atoms with Crippen molar-refractivity contribution in [1.29, 1.82) is 0 Å². The Kier molecular flexibility index (Phi) is 6.17. The van der Waals surface area contributed by atoms with Crippen molar-refractivity contribution >= 4 is 66.3 Å². The van der Waals surface area contributed by atoms with Crippen molar-refractivity contribution in [2.75, 3.05) is 0 Å². The molecule has 7 rings (SSSR count). The van der Waals surface area contributed by atoms with Gasteiger partial charge in [-0.3, -0.25) is 0 Å². The molecule has 0 bridgehead atoms. The summed E-state index contributed by atoms with van der Waals surface area (Å²) in [6.45, 7) is 13.7. The summed E-state index contributed by atoms with van der Waals surface area (Å²) >= 11 is 1.92. The molecular formula is C38H34BNS. The highest BCUT2D eigenvalue weighted by atomic mass is 32.1. The number of para-hydroxylation sites is 2. The molecule has 0 N–H and O–H groups in total. The quantitative estimate of drug-likeness (QED) is 0.195. The molecule has 0 fully saturated rings. The molecule has 0 saturated carbocycles. The van der Waals surface area contributed by atoms with Crippen LogP contribution in [0.3, 0.4) is 0 Å². The number of aryl methyl sites for hydroxylation is 6. The third-order valence-electron chi connectivity index (χ3n) is 8.74. The highest BCUT2D eigenvalue weighted by molar-refractivity contribution is 7.24. The highest BCUT2D eigenvalue weighted by Crippen LogP contribution is 2.36. The average Bonchev–Trinajstić information content (AvgIpc) is 3.46. The Balaban J connectivity index is 1.69. The van der Waals surface area contributed by atoms with Gasteiger partial charge >= 0.3 is 0 Å². The minimum Gasteiger partial charge on any atom is -0.301 e. The summed E-state index contributed by atoms with van der Waals surface area (Å²) in [4.78, 5) is 0. The molecule has 41 heavy (non-hydrogen) atoms. The van der Waals surface area contributed by atoms with Crippen LogP contribution in [0.5, 0.6) is 0 Å². The van der Waals surface area contributed by atoms with Crippen molar-refractivity contribution in [3.63, 3.8) is 0 Å². The van der Waals surface area contributed by atoms with Crippen LogP contribution < -0.4 is 16.4 Å². The molecule has 3 heteroatoms. The van der Waals surface area contributed by atoms with E-state index in [1.165, 1.54) is 86.7 Å². The van der Waals surface area contributed by atoms with E-state index in [-0.39, 0.29) is 6.71 Å². The van der Waals surface area contributed by atoms with Crippen LogP contribution in [0.2, 0.25) is 0 Å². The molecule has 0 unspecified atom stereocenters. The first kappa shape index (κ1) is 25.9. The number of aromatic nitrogens is 1. The zero-order valence-corrected chi connectivity index (χ0v) is 25.5. The normalized spacial score (nSPS) is 11.7. The Bertz CT molecular complexity index is 1970. The second kappa shape index (κ2) is 9.78. The first-order valence-electron chi connectivity index (χ1n) is 14.5. The maximum atomic E-state index is 2.54. The van der Waals surface area contributed by atoms with Crippen LogP contribution in [-0.4, -0.2) is 11.3 Å². The van der Waals surface area contributed by atoms with Crippen LogP contribution in [0.15, 0.2) is 97.1 Å². The van der Waals surface area contributed by atoms with Crippen LogP contribution in [0.4, 0.5) is 0 Å². The molecule has 0 saturated heterocycles. The van der Waals surface area contributed by atoms with Crippen molar-refractivity contribution in [3.05, 3.63) is 130 Å². The third-order valence-corrected chi connectivity index (χ3v) is 9.91. The maximum Gasteiger partial charge on any atom is 0.247 e. The molecule has 7 aromatic rings. The molecule has 0 aliphatic carbocycles. The molecule has 2 aromatic heterocycles. The number of fused-ring (bicyclic) bond motifs is 4. The van der Waals surface area contributed by atoms with E-state index >= 15 is 0 Å². The Morgan fingerprint density at radius 1 is 0.488 bits per heavy atom. The fourth-order valence-corrected chi connectivity index (χ4v) is 8.63. The Morgan fingerprint density at radius 2 is 0.902 bits per heavy atom. The fraction of sp³-hybridized carbons (Fsp3) is 0.158. The van der Waals surface area contributed by atoms with Crippen LogP contribution >= 0.6 is 11.3 Å². The molecule has 1 nitrogen and oxygen atoms in total. The maximum absolute atomic E-state index is 2.54. The fourth-order valence-electron chi connectivity index (χ4n) is 7.36. The van der Waals surface area contributed by atoms with Gasteiger partial charge in [-0.05, 0) is 70.6 Å². The molecule has 0 aliphatic rings. The van der Waals surface area contributed by atoms with E-state index < -0.39 is 0 Å². The number of benzene rings is 5.